The number of nitrogens with zero attached hydrogens (tertiary/aromatic N) is 1. The van der Waals surface area contributed by atoms with Gasteiger partial charge in [0.05, 0.1) is 15.1 Å². The molecule has 0 fully saturated rings. The summed E-state index contributed by atoms with van der Waals surface area (Å²) in [5.41, 5.74) is 1.08. The van der Waals surface area contributed by atoms with E-state index in [9.17, 15) is 0 Å². The van der Waals surface area contributed by atoms with Gasteiger partial charge in [0.25, 0.3) is 0 Å². The summed E-state index contributed by atoms with van der Waals surface area (Å²) in [4.78, 5) is 0. The standard InChI is InChI=1S/C9H7BrClN/c1-12-8(10)5-6-3-2-4-7(11)9(6)12/h2-5H,1H3. The Hall–Kier alpha value is -0.470. The van der Waals surface area contributed by atoms with Gasteiger partial charge in [-0.1, -0.05) is 23.7 Å². The van der Waals surface area contributed by atoms with Gasteiger partial charge in [-0.05, 0) is 28.1 Å². The number of halogens is 2. The van der Waals surface area contributed by atoms with Gasteiger partial charge in [-0.15, -0.1) is 0 Å². The van der Waals surface area contributed by atoms with E-state index in [1.54, 1.807) is 0 Å². The van der Waals surface area contributed by atoms with Gasteiger partial charge in [-0.3, -0.25) is 0 Å². The van der Waals surface area contributed by atoms with Crippen LogP contribution in [0.5, 0.6) is 0 Å². The first-order valence-corrected chi connectivity index (χ1v) is 4.76. The third-order valence-electron chi connectivity index (χ3n) is 1.95. The van der Waals surface area contributed by atoms with Crippen molar-refractivity contribution in [3.63, 3.8) is 0 Å². The van der Waals surface area contributed by atoms with Crippen molar-refractivity contribution < 1.29 is 0 Å². The van der Waals surface area contributed by atoms with Crippen LogP contribution in [0.25, 0.3) is 10.9 Å². The van der Waals surface area contributed by atoms with Crippen LogP contribution in [0.4, 0.5) is 0 Å². The molecule has 0 amide bonds. The van der Waals surface area contributed by atoms with E-state index < -0.39 is 0 Å². The topological polar surface area (TPSA) is 4.93 Å². The Balaban J connectivity index is 2.97. The van der Waals surface area contributed by atoms with Gasteiger partial charge < -0.3 is 4.57 Å². The van der Waals surface area contributed by atoms with Crippen molar-refractivity contribution in [1.82, 2.24) is 4.57 Å². The predicted octanol–water partition coefficient (Wildman–Crippen LogP) is 3.59. The number of hydrogen-bond acceptors (Lipinski definition) is 0. The van der Waals surface area contributed by atoms with E-state index in [0.29, 0.717) is 0 Å². The average molecular weight is 245 g/mol. The molecule has 1 heterocycles. The average Bonchev–Trinajstić information content (AvgIpc) is 2.29. The molecule has 0 unspecified atom stereocenters. The number of para-hydroxylation sites is 1. The van der Waals surface area contributed by atoms with Gasteiger partial charge in [0.15, 0.2) is 0 Å². The third-order valence-corrected chi connectivity index (χ3v) is 3.01. The van der Waals surface area contributed by atoms with E-state index in [-0.39, 0.29) is 0 Å². The Morgan fingerprint density at radius 1 is 1.42 bits per heavy atom. The molecule has 0 radical (unpaired) electrons. The van der Waals surface area contributed by atoms with Gasteiger partial charge >= 0.3 is 0 Å². The Morgan fingerprint density at radius 3 is 2.83 bits per heavy atom. The second kappa shape index (κ2) is 2.79. The van der Waals surface area contributed by atoms with Crippen molar-refractivity contribution in [1.29, 1.82) is 0 Å². The molecule has 0 saturated heterocycles. The van der Waals surface area contributed by atoms with E-state index in [1.165, 1.54) is 0 Å². The zero-order valence-corrected chi connectivity index (χ0v) is 8.85. The minimum Gasteiger partial charge on any atom is -0.337 e. The Kier molecular flexibility index (Phi) is 1.89. The smallest absolute Gasteiger partial charge is 0.0855 e. The molecule has 0 aliphatic carbocycles. The number of benzene rings is 1. The van der Waals surface area contributed by atoms with E-state index in [1.807, 2.05) is 29.8 Å². The summed E-state index contributed by atoms with van der Waals surface area (Å²) in [6.45, 7) is 0. The summed E-state index contributed by atoms with van der Waals surface area (Å²) in [7, 11) is 1.98. The summed E-state index contributed by atoms with van der Waals surface area (Å²) >= 11 is 9.48. The first kappa shape index (κ1) is 8.14. The maximum atomic E-state index is 6.03. The fourth-order valence-electron chi connectivity index (χ4n) is 1.33. The molecule has 62 valence electrons. The molecule has 1 aromatic carbocycles. The Labute approximate surface area is 84.1 Å². The summed E-state index contributed by atoms with van der Waals surface area (Å²) in [6.07, 6.45) is 0. The van der Waals surface area contributed by atoms with Crippen molar-refractivity contribution in [2.24, 2.45) is 7.05 Å². The quantitative estimate of drug-likeness (QED) is 0.667. The van der Waals surface area contributed by atoms with Gasteiger partial charge in [0.2, 0.25) is 0 Å². The summed E-state index contributed by atoms with van der Waals surface area (Å²) < 4.78 is 3.07. The van der Waals surface area contributed by atoms with Crippen molar-refractivity contribution in [2.75, 3.05) is 0 Å². The summed E-state index contributed by atoms with van der Waals surface area (Å²) in [5.74, 6) is 0. The molecule has 3 heteroatoms. The van der Waals surface area contributed by atoms with Crippen LogP contribution in [0.3, 0.4) is 0 Å². The van der Waals surface area contributed by atoms with Crippen LogP contribution < -0.4 is 0 Å². The van der Waals surface area contributed by atoms with Crippen LogP contribution >= 0.6 is 27.5 Å². The summed E-state index contributed by atoms with van der Waals surface area (Å²) in [5, 5.41) is 1.96. The molecule has 2 aromatic rings. The highest BCUT2D eigenvalue weighted by Crippen LogP contribution is 2.28. The van der Waals surface area contributed by atoms with Crippen LogP contribution in [0.1, 0.15) is 0 Å². The molecule has 0 aliphatic heterocycles. The number of aromatic nitrogens is 1. The lowest BCUT2D eigenvalue weighted by atomic mass is 10.2. The molecule has 0 atom stereocenters. The molecular weight excluding hydrogens is 237 g/mol. The highest BCUT2D eigenvalue weighted by atomic mass is 79.9. The van der Waals surface area contributed by atoms with Crippen LogP contribution in [-0.4, -0.2) is 4.57 Å². The van der Waals surface area contributed by atoms with Crippen molar-refractivity contribution in [3.8, 4) is 0 Å². The largest absolute Gasteiger partial charge is 0.337 e. The SMILES string of the molecule is Cn1c(Br)cc2cccc(Cl)c21. The molecule has 0 aliphatic rings. The molecule has 12 heavy (non-hydrogen) atoms. The monoisotopic (exact) mass is 243 g/mol. The number of rotatable bonds is 0. The lowest BCUT2D eigenvalue weighted by molar-refractivity contribution is 0.941. The molecule has 2 rings (SSSR count). The minimum atomic E-state index is 0.792. The highest BCUT2D eigenvalue weighted by molar-refractivity contribution is 9.10. The van der Waals surface area contributed by atoms with E-state index >= 15 is 0 Å². The van der Waals surface area contributed by atoms with Gasteiger partial charge in [0.1, 0.15) is 0 Å². The number of hydrogen-bond donors (Lipinski definition) is 0. The number of aryl methyl sites for hydroxylation is 1. The zero-order valence-electron chi connectivity index (χ0n) is 6.51. The maximum absolute atomic E-state index is 6.03. The first-order valence-electron chi connectivity index (χ1n) is 3.59. The Bertz CT molecular complexity index is 433. The molecule has 0 N–H and O–H groups in total. The lowest BCUT2D eigenvalue weighted by Crippen LogP contribution is -1.86. The van der Waals surface area contributed by atoms with E-state index in [2.05, 4.69) is 22.0 Å². The lowest BCUT2D eigenvalue weighted by Gasteiger charge is -1.98. The van der Waals surface area contributed by atoms with Crippen LogP contribution in [0.2, 0.25) is 5.02 Å². The van der Waals surface area contributed by atoms with E-state index in [0.717, 1.165) is 20.5 Å². The molecular formula is C9H7BrClN. The van der Waals surface area contributed by atoms with Crippen molar-refractivity contribution >= 4 is 38.4 Å². The third kappa shape index (κ3) is 1.06. The second-order valence-electron chi connectivity index (χ2n) is 2.70. The maximum Gasteiger partial charge on any atom is 0.0855 e. The number of fused-ring (bicyclic) bond motifs is 1. The zero-order chi connectivity index (χ0) is 8.72. The van der Waals surface area contributed by atoms with Gasteiger partial charge in [-0.25, -0.2) is 0 Å². The van der Waals surface area contributed by atoms with Crippen molar-refractivity contribution in [2.45, 2.75) is 0 Å². The Morgan fingerprint density at radius 2 is 2.17 bits per heavy atom. The van der Waals surface area contributed by atoms with Crippen LogP contribution in [-0.2, 0) is 7.05 Å². The van der Waals surface area contributed by atoms with E-state index in [4.69, 9.17) is 11.6 Å². The fourth-order valence-corrected chi connectivity index (χ4v) is 2.07. The predicted molar refractivity (Wildman–Crippen MR) is 55.6 cm³/mol. The molecule has 0 spiro atoms. The normalized spacial score (nSPS) is 10.9. The summed E-state index contributed by atoms with van der Waals surface area (Å²) in [6, 6.07) is 7.96. The first-order chi connectivity index (χ1) is 5.70. The highest BCUT2D eigenvalue weighted by Gasteiger charge is 2.05. The molecule has 0 bridgehead atoms. The minimum absolute atomic E-state index is 0.792. The van der Waals surface area contributed by atoms with Crippen molar-refractivity contribution in [3.05, 3.63) is 33.9 Å². The molecule has 1 aromatic heterocycles. The van der Waals surface area contributed by atoms with Crippen LogP contribution in [0.15, 0.2) is 28.9 Å². The fraction of sp³-hybridized carbons (Fsp3) is 0.111. The molecule has 0 saturated carbocycles. The van der Waals surface area contributed by atoms with Crippen LogP contribution in [0, 0.1) is 0 Å². The second-order valence-corrected chi connectivity index (χ2v) is 3.92. The van der Waals surface area contributed by atoms with Gasteiger partial charge in [-0.2, -0.15) is 0 Å². The molecule has 1 nitrogen and oxygen atoms in total. The van der Waals surface area contributed by atoms with Gasteiger partial charge in [0, 0.05) is 12.4 Å².